The minimum Gasteiger partial charge on any atom is -0.478 e. The second-order valence-corrected chi connectivity index (χ2v) is 5.27. The Balaban J connectivity index is 2.53. The highest BCUT2D eigenvalue weighted by molar-refractivity contribution is 7.80. The standard InChI is InChI=1S/C14H17ClN2O3S/c1-2-3-4-5-12(18)17-14(21)16-9-6-7-10(13(19)20)11(15)8-9/h6-8H,2-5H2,1H3,(H,19,20)(H2,16,17,18,21). The maximum Gasteiger partial charge on any atom is 0.337 e. The van der Waals surface area contributed by atoms with Crippen LogP contribution in [0.15, 0.2) is 18.2 Å². The molecule has 1 rings (SSSR count). The third kappa shape index (κ3) is 6.10. The number of unbranched alkanes of at least 4 members (excludes halogenated alkanes) is 2. The van der Waals surface area contributed by atoms with Crippen molar-refractivity contribution in [3.8, 4) is 0 Å². The smallest absolute Gasteiger partial charge is 0.337 e. The van der Waals surface area contributed by atoms with Gasteiger partial charge >= 0.3 is 5.97 Å². The fourth-order valence-corrected chi connectivity index (χ4v) is 2.15. The number of aromatic carboxylic acids is 1. The quantitative estimate of drug-likeness (QED) is 0.551. The van der Waals surface area contributed by atoms with Gasteiger partial charge < -0.3 is 15.7 Å². The first-order chi connectivity index (χ1) is 9.93. The zero-order chi connectivity index (χ0) is 15.8. The first-order valence-corrected chi connectivity index (χ1v) is 7.36. The van der Waals surface area contributed by atoms with Crippen LogP contribution in [0.2, 0.25) is 5.02 Å². The number of amides is 1. The predicted molar refractivity (Wildman–Crippen MR) is 86.9 cm³/mol. The second kappa shape index (κ2) is 8.59. The van der Waals surface area contributed by atoms with Crippen LogP contribution in [0.25, 0.3) is 0 Å². The molecule has 0 heterocycles. The molecule has 0 unspecified atom stereocenters. The van der Waals surface area contributed by atoms with Crippen LogP contribution in [-0.4, -0.2) is 22.1 Å². The molecule has 3 N–H and O–H groups in total. The minimum absolute atomic E-state index is 0.0109. The van der Waals surface area contributed by atoms with Gasteiger partial charge in [0.2, 0.25) is 5.91 Å². The third-order valence-electron chi connectivity index (χ3n) is 2.72. The van der Waals surface area contributed by atoms with Crippen molar-refractivity contribution < 1.29 is 14.7 Å². The van der Waals surface area contributed by atoms with Crippen molar-refractivity contribution in [2.75, 3.05) is 5.32 Å². The van der Waals surface area contributed by atoms with Crippen LogP contribution in [0.3, 0.4) is 0 Å². The van der Waals surface area contributed by atoms with Crippen molar-refractivity contribution in [3.63, 3.8) is 0 Å². The van der Waals surface area contributed by atoms with E-state index in [9.17, 15) is 9.59 Å². The molecular weight excluding hydrogens is 312 g/mol. The summed E-state index contributed by atoms with van der Waals surface area (Å²) < 4.78 is 0. The lowest BCUT2D eigenvalue weighted by Crippen LogP contribution is -2.33. The van der Waals surface area contributed by atoms with Gasteiger partial charge in [0.1, 0.15) is 0 Å². The zero-order valence-corrected chi connectivity index (χ0v) is 13.2. The molecule has 0 aliphatic rings. The van der Waals surface area contributed by atoms with Gasteiger partial charge in [-0.05, 0) is 36.8 Å². The van der Waals surface area contributed by atoms with Crippen LogP contribution >= 0.6 is 23.8 Å². The van der Waals surface area contributed by atoms with Crippen molar-refractivity contribution >= 4 is 46.5 Å². The van der Waals surface area contributed by atoms with Gasteiger partial charge in [0.15, 0.2) is 5.11 Å². The second-order valence-electron chi connectivity index (χ2n) is 4.46. The molecule has 0 fully saturated rings. The first kappa shape index (κ1) is 17.4. The normalized spacial score (nSPS) is 10.0. The lowest BCUT2D eigenvalue weighted by molar-refractivity contribution is -0.119. The van der Waals surface area contributed by atoms with Crippen molar-refractivity contribution in [2.24, 2.45) is 0 Å². The van der Waals surface area contributed by atoms with Gasteiger partial charge in [0.25, 0.3) is 0 Å². The molecule has 1 aromatic rings. The molecule has 21 heavy (non-hydrogen) atoms. The molecule has 0 aromatic heterocycles. The van der Waals surface area contributed by atoms with Crippen molar-refractivity contribution in [1.82, 2.24) is 5.32 Å². The van der Waals surface area contributed by atoms with E-state index in [0.717, 1.165) is 19.3 Å². The number of carboxylic acids is 1. The van der Waals surface area contributed by atoms with E-state index in [2.05, 4.69) is 17.6 Å². The summed E-state index contributed by atoms with van der Waals surface area (Å²) in [5.74, 6) is -1.24. The van der Waals surface area contributed by atoms with Crippen LogP contribution in [0, 0.1) is 0 Å². The predicted octanol–water partition coefficient (Wildman–Crippen LogP) is 3.43. The van der Waals surface area contributed by atoms with Crippen LogP contribution in [0.5, 0.6) is 0 Å². The number of hydrogen-bond acceptors (Lipinski definition) is 3. The van der Waals surface area contributed by atoms with Crippen LogP contribution < -0.4 is 10.6 Å². The Kier molecular flexibility index (Phi) is 7.11. The number of halogens is 1. The number of hydrogen-bond donors (Lipinski definition) is 3. The Morgan fingerprint density at radius 3 is 2.62 bits per heavy atom. The van der Waals surface area contributed by atoms with Gasteiger partial charge in [0, 0.05) is 12.1 Å². The number of benzene rings is 1. The molecule has 0 saturated carbocycles. The van der Waals surface area contributed by atoms with E-state index in [1.807, 2.05) is 0 Å². The van der Waals surface area contributed by atoms with Crippen molar-refractivity contribution in [1.29, 1.82) is 0 Å². The summed E-state index contributed by atoms with van der Waals surface area (Å²) in [5.41, 5.74) is 0.528. The van der Waals surface area contributed by atoms with Gasteiger partial charge in [-0.2, -0.15) is 0 Å². The highest BCUT2D eigenvalue weighted by atomic mass is 35.5. The Labute approximate surface area is 133 Å². The summed E-state index contributed by atoms with van der Waals surface area (Å²) in [5, 5.41) is 14.5. The van der Waals surface area contributed by atoms with Crippen LogP contribution in [0.1, 0.15) is 43.0 Å². The molecule has 1 aromatic carbocycles. The van der Waals surface area contributed by atoms with Gasteiger partial charge in [-0.3, -0.25) is 4.79 Å². The Hall–Kier alpha value is -1.66. The molecule has 114 valence electrons. The monoisotopic (exact) mass is 328 g/mol. The van der Waals surface area contributed by atoms with E-state index in [1.165, 1.54) is 18.2 Å². The summed E-state index contributed by atoms with van der Waals surface area (Å²) in [6.45, 7) is 2.06. The number of carboxylic acid groups (broad SMARTS) is 1. The molecule has 0 aliphatic carbocycles. The number of nitrogens with one attached hydrogen (secondary N) is 2. The van der Waals surface area contributed by atoms with Crippen molar-refractivity contribution in [2.45, 2.75) is 32.6 Å². The maximum atomic E-state index is 11.6. The van der Waals surface area contributed by atoms with Gasteiger partial charge in [-0.1, -0.05) is 31.4 Å². The average molecular weight is 329 g/mol. The number of carbonyl (C=O) groups excluding carboxylic acids is 1. The Morgan fingerprint density at radius 1 is 1.33 bits per heavy atom. The molecule has 0 atom stereocenters. The lowest BCUT2D eigenvalue weighted by Gasteiger charge is -2.10. The van der Waals surface area contributed by atoms with Crippen LogP contribution in [-0.2, 0) is 4.79 Å². The molecule has 0 bridgehead atoms. The fraction of sp³-hybridized carbons (Fsp3) is 0.357. The van der Waals surface area contributed by atoms with E-state index in [0.29, 0.717) is 12.1 Å². The van der Waals surface area contributed by atoms with Crippen LogP contribution in [0.4, 0.5) is 5.69 Å². The molecule has 0 aliphatic heterocycles. The average Bonchev–Trinajstić information content (AvgIpc) is 2.38. The van der Waals surface area contributed by atoms with Gasteiger partial charge in [-0.15, -0.1) is 0 Å². The molecule has 5 nitrogen and oxygen atoms in total. The summed E-state index contributed by atoms with van der Waals surface area (Å²) >= 11 is 10.9. The SMILES string of the molecule is CCCCCC(=O)NC(=S)Nc1ccc(C(=O)O)c(Cl)c1. The molecule has 0 saturated heterocycles. The largest absolute Gasteiger partial charge is 0.478 e. The topological polar surface area (TPSA) is 78.4 Å². The summed E-state index contributed by atoms with van der Waals surface area (Å²) in [7, 11) is 0. The summed E-state index contributed by atoms with van der Waals surface area (Å²) in [6.07, 6.45) is 3.29. The molecule has 0 spiro atoms. The highest BCUT2D eigenvalue weighted by Gasteiger charge is 2.10. The molecule has 0 radical (unpaired) electrons. The number of rotatable bonds is 6. The zero-order valence-electron chi connectivity index (χ0n) is 11.6. The van der Waals surface area contributed by atoms with E-state index in [4.69, 9.17) is 28.9 Å². The van der Waals surface area contributed by atoms with E-state index in [-0.39, 0.29) is 21.6 Å². The van der Waals surface area contributed by atoms with E-state index in [1.54, 1.807) is 0 Å². The molecule has 1 amide bonds. The first-order valence-electron chi connectivity index (χ1n) is 6.57. The maximum absolute atomic E-state index is 11.6. The molecule has 7 heteroatoms. The Morgan fingerprint density at radius 2 is 2.05 bits per heavy atom. The summed E-state index contributed by atoms with van der Waals surface area (Å²) in [4.78, 5) is 22.4. The number of carbonyl (C=O) groups is 2. The lowest BCUT2D eigenvalue weighted by atomic mass is 10.2. The number of thiocarbonyl (C=S) groups is 1. The third-order valence-corrected chi connectivity index (χ3v) is 3.23. The van der Waals surface area contributed by atoms with Crippen molar-refractivity contribution in [3.05, 3.63) is 28.8 Å². The van der Waals surface area contributed by atoms with Gasteiger partial charge in [-0.25, -0.2) is 4.79 Å². The van der Waals surface area contributed by atoms with E-state index >= 15 is 0 Å². The van der Waals surface area contributed by atoms with Gasteiger partial charge in [0.05, 0.1) is 10.6 Å². The summed E-state index contributed by atoms with van der Waals surface area (Å²) in [6, 6.07) is 4.35. The molecular formula is C14H17ClN2O3S. The minimum atomic E-state index is -1.10. The fourth-order valence-electron chi connectivity index (χ4n) is 1.65. The highest BCUT2D eigenvalue weighted by Crippen LogP contribution is 2.20. The Bertz CT molecular complexity index is 549. The van der Waals surface area contributed by atoms with E-state index < -0.39 is 5.97 Å². The number of anilines is 1.